The summed E-state index contributed by atoms with van der Waals surface area (Å²) in [6, 6.07) is 5.55. The average molecular weight is 345 g/mol. The minimum atomic E-state index is -0.0994. The highest BCUT2D eigenvalue weighted by atomic mass is 16.5. The van der Waals surface area contributed by atoms with Crippen LogP contribution in [0.2, 0.25) is 0 Å². The van der Waals surface area contributed by atoms with Gasteiger partial charge in [-0.3, -0.25) is 9.78 Å². The van der Waals surface area contributed by atoms with Gasteiger partial charge in [0, 0.05) is 37.7 Å². The number of hydrogen-bond acceptors (Lipinski definition) is 6. The van der Waals surface area contributed by atoms with E-state index in [1.54, 1.807) is 24.3 Å². The Morgan fingerprint density at radius 3 is 2.96 bits per heavy atom. The number of amides is 1. The van der Waals surface area contributed by atoms with Crippen molar-refractivity contribution in [1.29, 1.82) is 0 Å². The molecule has 1 fully saturated rings. The summed E-state index contributed by atoms with van der Waals surface area (Å²) in [6.07, 6.45) is 6.78. The highest BCUT2D eigenvalue weighted by Gasteiger charge is 2.17. The largest absolute Gasteiger partial charge is 0.376 e. The van der Waals surface area contributed by atoms with Gasteiger partial charge in [-0.1, -0.05) is 5.16 Å². The highest BCUT2D eigenvalue weighted by Crippen LogP contribution is 2.18. The molecule has 3 rings (SSSR count). The molecule has 2 aromatic rings. The Bertz CT molecular complexity index is 668. The van der Waals surface area contributed by atoms with Gasteiger partial charge in [0.1, 0.15) is 12.3 Å². The normalized spacial score (nSPS) is 17.4. The molecule has 0 aromatic carbocycles. The van der Waals surface area contributed by atoms with Crippen molar-refractivity contribution in [2.45, 2.75) is 31.9 Å². The molecule has 0 bridgehead atoms. The number of carbonyl (C=O) groups is 1. The fraction of sp³-hybridized carbons (Fsp3) is 0.500. The maximum atomic E-state index is 12.2. The molecule has 134 valence electrons. The molecule has 0 radical (unpaired) electrons. The molecule has 7 nitrogen and oxygen atoms in total. The molecule has 25 heavy (non-hydrogen) atoms. The fourth-order valence-corrected chi connectivity index (χ4v) is 2.69. The van der Waals surface area contributed by atoms with Crippen molar-refractivity contribution >= 4 is 5.91 Å². The van der Waals surface area contributed by atoms with Crippen LogP contribution in [0.5, 0.6) is 0 Å². The van der Waals surface area contributed by atoms with Crippen LogP contribution in [0.4, 0.5) is 0 Å². The molecule has 1 aliphatic rings. The van der Waals surface area contributed by atoms with Crippen LogP contribution in [-0.2, 0) is 20.8 Å². The fourth-order valence-electron chi connectivity index (χ4n) is 2.69. The second-order valence-electron chi connectivity index (χ2n) is 6.17. The molecule has 0 saturated carbocycles. The Balaban J connectivity index is 1.44. The van der Waals surface area contributed by atoms with E-state index in [2.05, 4.69) is 10.1 Å². The Morgan fingerprint density at radius 2 is 2.20 bits per heavy atom. The van der Waals surface area contributed by atoms with Crippen LogP contribution in [0, 0.1) is 0 Å². The minimum absolute atomic E-state index is 0.0434. The zero-order valence-corrected chi connectivity index (χ0v) is 14.4. The Hall–Kier alpha value is -2.25. The Labute approximate surface area is 146 Å². The second kappa shape index (κ2) is 8.73. The first-order valence-electron chi connectivity index (χ1n) is 8.51. The summed E-state index contributed by atoms with van der Waals surface area (Å²) in [7, 11) is 1.72. The maximum absolute atomic E-state index is 12.2. The Morgan fingerprint density at radius 1 is 1.36 bits per heavy atom. The van der Waals surface area contributed by atoms with Gasteiger partial charge in [-0.2, -0.15) is 0 Å². The van der Waals surface area contributed by atoms with E-state index in [1.165, 1.54) is 0 Å². The van der Waals surface area contributed by atoms with Gasteiger partial charge >= 0.3 is 0 Å². The zero-order valence-electron chi connectivity index (χ0n) is 14.4. The van der Waals surface area contributed by atoms with E-state index in [0.717, 1.165) is 37.1 Å². The molecular weight excluding hydrogens is 322 g/mol. The van der Waals surface area contributed by atoms with Crippen molar-refractivity contribution in [1.82, 2.24) is 15.0 Å². The van der Waals surface area contributed by atoms with E-state index in [-0.39, 0.29) is 18.6 Å². The molecule has 0 aliphatic carbocycles. The van der Waals surface area contributed by atoms with Gasteiger partial charge in [-0.25, -0.2) is 0 Å². The van der Waals surface area contributed by atoms with Gasteiger partial charge in [-0.05, 0) is 31.4 Å². The monoisotopic (exact) mass is 345 g/mol. The van der Waals surface area contributed by atoms with Crippen LogP contribution in [0.3, 0.4) is 0 Å². The predicted octanol–water partition coefficient (Wildman–Crippen LogP) is 2.28. The topological polar surface area (TPSA) is 77.7 Å². The molecule has 1 saturated heterocycles. The first kappa shape index (κ1) is 17.6. The van der Waals surface area contributed by atoms with Gasteiger partial charge in [-0.15, -0.1) is 0 Å². The van der Waals surface area contributed by atoms with Gasteiger partial charge in [0.05, 0.1) is 19.3 Å². The van der Waals surface area contributed by atoms with Gasteiger partial charge in [0.25, 0.3) is 0 Å². The van der Waals surface area contributed by atoms with Gasteiger partial charge in [0.2, 0.25) is 5.91 Å². The van der Waals surface area contributed by atoms with Crippen LogP contribution in [-0.4, -0.2) is 53.9 Å². The van der Waals surface area contributed by atoms with Crippen molar-refractivity contribution in [3.05, 3.63) is 36.4 Å². The predicted molar refractivity (Wildman–Crippen MR) is 90.6 cm³/mol. The van der Waals surface area contributed by atoms with Gasteiger partial charge < -0.3 is 18.9 Å². The molecule has 1 amide bonds. The first-order valence-corrected chi connectivity index (χ1v) is 8.51. The minimum Gasteiger partial charge on any atom is -0.376 e. The highest BCUT2D eigenvalue weighted by molar-refractivity contribution is 5.77. The van der Waals surface area contributed by atoms with Crippen molar-refractivity contribution in [2.75, 3.05) is 26.9 Å². The maximum Gasteiger partial charge on any atom is 0.248 e. The van der Waals surface area contributed by atoms with Crippen LogP contribution in [0.1, 0.15) is 25.0 Å². The van der Waals surface area contributed by atoms with E-state index in [9.17, 15) is 4.79 Å². The smallest absolute Gasteiger partial charge is 0.248 e. The number of rotatable bonds is 7. The first-order chi connectivity index (χ1) is 12.2. The SMILES string of the molecule is CN(Cc1cc(-c2ccncc2)no1)C(=O)COC[C@H]1CCCCO1. The molecule has 1 aliphatic heterocycles. The number of ether oxygens (including phenoxy) is 2. The van der Waals surface area contributed by atoms with Crippen LogP contribution >= 0.6 is 0 Å². The number of pyridine rings is 1. The average Bonchev–Trinajstić information content (AvgIpc) is 3.12. The van der Waals surface area contributed by atoms with Crippen LogP contribution < -0.4 is 0 Å². The van der Waals surface area contributed by atoms with E-state index in [1.807, 2.05) is 18.2 Å². The molecule has 0 unspecified atom stereocenters. The molecule has 2 aromatic heterocycles. The molecule has 0 spiro atoms. The quantitative estimate of drug-likeness (QED) is 0.766. The van der Waals surface area contributed by atoms with Gasteiger partial charge in [0.15, 0.2) is 5.76 Å². The molecule has 1 atom stereocenters. The van der Waals surface area contributed by atoms with Crippen LogP contribution in [0.25, 0.3) is 11.3 Å². The van der Waals surface area contributed by atoms with Crippen molar-refractivity contribution in [3.63, 3.8) is 0 Å². The number of aromatic nitrogens is 2. The lowest BCUT2D eigenvalue weighted by atomic mass is 10.1. The number of likely N-dealkylation sites (N-methyl/N-ethyl adjacent to an activating group) is 1. The van der Waals surface area contributed by atoms with Crippen molar-refractivity contribution < 1.29 is 18.8 Å². The van der Waals surface area contributed by atoms with E-state index in [0.29, 0.717) is 18.9 Å². The Kier molecular flexibility index (Phi) is 6.14. The summed E-state index contributed by atoms with van der Waals surface area (Å²) < 4.78 is 16.4. The van der Waals surface area contributed by atoms with E-state index < -0.39 is 0 Å². The van der Waals surface area contributed by atoms with Crippen molar-refractivity contribution in [2.24, 2.45) is 0 Å². The zero-order chi connectivity index (χ0) is 17.5. The summed E-state index contributed by atoms with van der Waals surface area (Å²) >= 11 is 0. The van der Waals surface area contributed by atoms with Crippen molar-refractivity contribution in [3.8, 4) is 11.3 Å². The number of hydrogen-bond donors (Lipinski definition) is 0. The standard InChI is InChI=1S/C18H23N3O4/c1-21(18(22)13-23-12-15-4-2-3-9-24-15)11-16-10-17(20-25-16)14-5-7-19-8-6-14/h5-8,10,15H,2-4,9,11-13H2,1H3/t15-/m1/s1. The third-order valence-electron chi connectivity index (χ3n) is 4.16. The summed E-state index contributed by atoms with van der Waals surface area (Å²) in [4.78, 5) is 17.7. The lowest BCUT2D eigenvalue weighted by Crippen LogP contribution is -2.32. The van der Waals surface area contributed by atoms with E-state index in [4.69, 9.17) is 14.0 Å². The number of nitrogens with zero attached hydrogens (tertiary/aromatic N) is 3. The summed E-state index contributed by atoms with van der Waals surface area (Å²) in [5.41, 5.74) is 1.65. The number of carbonyl (C=O) groups excluding carboxylic acids is 1. The molecule has 3 heterocycles. The lowest BCUT2D eigenvalue weighted by molar-refractivity contribution is -0.137. The third-order valence-corrected chi connectivity index (χ3v) is 4.16. The molecule has 0 N–H and O–H groups in total. The lowest BCUT2D eigenvalue weighted by Gasteiger charge is -2.22. The third kappa shape index (κ3) is 5.11. The van der Waals surface area contributed by atoms with E-state index >= 15 is 0 Å². The second-order valence-corrected chi connectivity index (χ2v) is 6.17. The summed E-state index contributed by atoms with van der Waals surface area (Å²) in [5, 5.41) is 4.03. The van der Waals surface area contributed by atoms with Crippen LogP contribution in [0.15, 0.2) is 35.1 Å². The molecular formula is C18H23N3O4. The molecule has 7 heteroatoms. The summed E-state index contributed by atoms with van der Waals surface area (Å²) in [6.45, 7) is 1.64. The summed E-state index contributed by atoms with van der Waals surface area (Å²) in [5.74, 6) is 0.524.